The molecular formula is C22H20ClN5O2S. The van der Waals surface area contributed by atoms with E-state index in [1.807, 2.05) is 60.0 Å². The Morgan fingerprint density at radius 1 is 1.13 bits per heavy atom. The molecule has 0 unspecified atom stereocenters. The van der Waals surface area contributed by atoms with Crippen molar-refractivity contribution in [1.82, 2.24) is 24.9 Å². The number of para-hydroxylation sites is 2. The van der Waals surface area contributed by atoms with Crippen molar-refractivity contribution in [2.75, 3.05) is 0 Å². The van der Waals surface area contributed by atoms with Gasteiger partial charge in [-0.2, -0.15) is 4.98 Å². The van der Waals surface area contributed by atoms with E-state index >= 15 is 0 Å². The first-order chi connectivity index (χ1) is 15.2. The highest BCUT2D eigenvalue weighted by atomic mass is 35.5. The molecule has 1 atom stereocenters. The number of hydrogen-bond acceptors (Lipinski definition) is 7. The van der Waals surface area contributed by atoms with Crippen LogP contribution >= 0.6 is 23.4 Å². The summed E-state index contributed by atoms with van der Waals surface area (Å²) >= 11 is 7.74. The van der Waals surface area contributed by atoms with Crippen molar-refractivity contribution in [3.05, 3.63) is 77.2 Å². The minimum atomic E-state index is -0.0657. The van der Waals surface area contributed by atoms with E-state index in [-0.39, 0.29) is 11.9 Å². The summed E-state index contributed by atoms with van der Waals surface area (Å²) in [7, 11) is 0. The molecular weight excluding hydrogens is 434 g/mol. The van der Waals surface area contributed by atoms with Crippen molar-refractivity contribution in [2.24, 2.45) is 0 Å². The van der Waals surface area contributed by atoms with Gasteiger partial charge in [0.2, 0.25) is 5.89 Å². The smallest absolute Gasteiger partial charge is 0.239 e. The van der Waals surface area contributed by atoms with E-state index < -0.39 is 0 Å². The number of nitrogens with zero attached hydrogens (tertiary/aromatic N) is 5. The highest BCUT2D eigenvalue weighted by Crippen LogP contribution is 2.40. The standard InChI is InChI=1S/C22H20ClN5O2S/c1-14(21-24-20(27-30-21)15-11-12-15)31-22-26-25-19(28(22)16-7-3-2-4-8-16)13-29-18-10-6-5-9-17(18)23/h2-10,14-15H,11-13H2,1H3/t14-/m1/s1. The first-order valence-corrected chi connectivity index (χ1v) is 11.3. The van der Waals surface area contributed by atoms with Gasteiger partial charge in [0, 0.05) is 11.6 Å². The maximum atomic E-state index is 6.22. The van der Waals surface area contributed by atoms with Gasteiger partial charge in [-0.1, -0.05) is 58.9 Å². The predicted molar refractivity (Wildman–Crippen MR) is 118 cm³/mol. The van der Waals surface area contributed by atoms with Crippen molar-refractivity contribution in [3.8, 4) is 11.4 Å². The molecule has 1 aliphatic carbocycles. The van der Waals surface area contributed by atoms with Gasteiger partial charge in [0.1, 0.15) is 12.4 Å². The normalized spacial score (nSPS) is 14.5. The molecule has 2 aromatic carbocycles. The minimum Gasteiger partial charge on any atom is -0.484 e. The Hall–Kier alpha value is -2.84. The van der Waals surface area contributed by atoms with Gasteiger partial charge in [0.05, 0.1) is 10.3 Å². The molecule has 7 nitrogen and oxygen atoms in total. The molecule has 0 bridgehead atoms. The Labute approximate surface area is 188 Å². The topological polar surface area (TPSA) is 78.9 Å². The fraction of sp³-hybridized carbons (Fsp3) is 0.273. The largest absolute Gasteiger partial charge is 0.484 e. The van der Waals surface area contributed by atoms with Crippen molar-refractivity contribution in [2.45, 2.75) is 42.7 Å². The van der Waals surface area contributed by atoms with Crippen LogP contribution in [0.2, 0.25) is 5.02 Å². The third-order valence-electron chi connectivity index (χ3n) is 4.94. The fourth-order valence-corrected chi connectivity index (χ4v) is 4.25. The van der Waals surface area contributed by atoms with E-state index in [9.17, 15) is 0 Å². The van der Waals surface area contributed by atoms with Crippen LogP contribution < -0.4 is 4.74 Å². The van der Waals surface area contributed by atoms with Crippen molar-refractivity contribution < 1.29 is 9.26 Å². The van der Waals surface area contributed by atoms with Gasteiger partial charge >= 0.3 is 0 Å². The molecule has 1 aliphatic rings. The molecule has 2 aromatic heterocycles. The lowest BCUT2D eigenvalue weighted by atomic mass is 10.3. The molecule has 0 radical (unpaired) electrons. The first-order valence-electron chi connectivity index (χ1n) is 10.1. The van der Waals surface area contributed by atoms with E-state index in [1.165, 1.54) is 11.8 Å². The highest BCUT2D eigenvalue weighted by Gasteiger charge is 2.30. The van der Waals surface area contributed by atoms with Gasteiger partial charge in [0.15, 0.2) is 16.8 Å². The maximum absolute atomic E-state index is 6.22. The number of benzene rings is 2. The second-order valence-electron chi connectivity index (χ2n) is 7.31. The van der Waals surface area contributed by atoms with Crippen LogP contribution in [-0.4, -0.2) is 24.9 Å². The number of thioether (sulfide) groups is 1. The minimum absolute atomic E-state index is 0.0657. The van der Waals surface area contributed by atoms with Gasteiger partial charge in [-0.25, -0.2) is 0 Å². The fourth-order valence-electron chi connectivity index (χ4n) is 3.14. The van der Waals surface area contributed by atoms with E-state index in [0.29, 0.717) is 28.4 Å². The molecule has 0 N–H and O–H groups in total. The van der Waals surface area contributed by atoms with Crippen LogP contribution in [-0.2, 0) is 6.61 Å². The Kier molecular flexibility index (Phi) is 5.65. The third kappa shape index (κ3) is 4.45. The predicted octanol–water partition coefficient (Wildman–Crippen LogP) is 5.61. The summed E-state index contributed by atoms with van der Waals surface area (Å²) in [5.41, 5.74) is 0.948. The molecule has 1 fully saturated rings. The number of rotatable bonds is 8. The summed E-state index contributed by atoms with van der Waals surface area (Å²) in [4.78, 5) is 4.57. The number of aromatic nitrogens is 5. The molecule has 0 amide bonds. The van der Waals surface area contributed by atoms with Crippen LogP contribution in [0.1, 0.15) is 48.5 Å². The maximum Gasteiger partial charge on any atom is 0.239 e. The quantitative estimate of drug-likeness (QED) is 0.320. The Bertz CT molecular complexity index is 1180. The van der Waals surface area contributed by atoms with Crippen LogP contribution in [0.5, 0.6) is 5.75 Å². The molecule has 5 rings (SSSR count). The van der Waals surface area contributed by atoms with Gasteiger partial charge in [-0.3, -0.25) is 4.57 Å². The van der Waals surface area contributed by atoms with Crippen molar-refractivity contribution in [3.63, 3.8) is 0 Å². The molecule has 31 heavy (non-hydrogen) atoms. The van der Waals surface area contributed by atoms with Gasteiger partial charge in [-0.05, 0) is 44.0 Å². The van der Waals surface area contributed by atoms with Gasteiger partial charge < -0.3 is 9.26 Å². The summed E-state index contributed by atoms with van der Waals surface area (Å²) < 4.78 is 13.4. The van der Waals surface area contributed by atoms with E-state index in [2.05, 4.69) is 20.3 Å². The highest BCUT2D eigenvalue weighted by molar-refractivity contribution is 7.99. The zero-order valence-corrected chi connectivity index (χ0v) is 18.4. The molecule has 0 spiro atoms. The summed E-state index contributed by atoms with van der Waals surface area (Å²) in [6, 6.07) is 17.3. The Morgan fingerprint density at radius 2 is 1.90 bits per heavy atom. The molecule has 158 valence electrons. The van der Waals surface area contributed by atoms with E-state index in [4.69, 9.17) is 20.9 Å². The SMILES string of the molecule is C[C@@H](Sc1nnc(COc2ccccc2Cl)n1-c1ccccc1)c1nc(C2CC2)no1. The lowest BCUT2D eigenvalue weighted by molar-refractivity contribution is 0.293. The number of halogens is 1. The van der Waals surface area contributed by atoms with Crippen LogP contribution in [0.25, 0.3) is 5.69 Å². The van der Waals surface area contributed by atoms with E-state index in [1.54, 1.807) is 6.07 Å². The molecule has 1 saturated carbocycles. The van der Waals surface area contributed by atoms with Crippen LogP contribution in [0.4, 0.5) is 0 Å². The van der Waals surface area contributed by atoms with Crippen molar-refractivity contribution >= 4 is 23.4 Å². The van der Waals surface area contributed by atoms with Crippen LogP contribution in [0.15, 0.2) is 64.3 Å². The zero-order chi connectivity index (χ0) is 21.2. The first kappa shape index (κ1) is 20.1. The second kappa shape index (κ2) is 8.72. The van der Waals surface area contributed by atoms with E-state index in [0.717, 1.165) is 29.5 Å². The van der Waals surface area contributed by atoms with Crippen LogP contribution in [0, 0.1) is 0 Å². The Morgan fingerprint density at radius 3 is 2.68 bits per heavy atom. The molecule has 2 heterocycles. The molecule has 4 aromatic rings. The summed E-state index contributed by atoms with van der Waals surface area (Å²) in [6.07, 6.45) is 2.27. The Balaban J connectivity index is 1.40. The third-order valence-corrected chi connectivity index (χ3v) is 6.28. The lowest BCUT2D eigenvalue weighted by Gasteiger charge is -2.12. The summed E-state index contributed by atoms with van der Waals surface area (Å²) in [6.45, 7) is 2.26. The molecule has 0 saturated heterocycles. The second-order valence-corrected chi connectivity index (χ2v) is 9.03. The lowest BCUT2D eigenvalue weighted by Crippen LogP contribution is -2.07. The number of hydrogen-bond donors (Lipinski definition) is 0. The molecule has 9 heteroatoms. The van der Waals surface area contributed by atoms with Crippen LogP contribution in [0.3, 0.4) is 0 Å². The molecule has 0 aliphatic heterocycles. The van der Waals surface area contributed by atoms with Gasteiger partial charge in [-0.15, -0.1) is 10.2 Å². The average molecular weight is 454 g/mol. The average Bonchev–Trinajstić information content (AvgIpc) is 3.38. The zero-order valence-electron chi connectivity index (χ0n) is 16.8. The monoisotopic (exact) mass is 453 g/mol. The van der Waals surface area contributed by atoms with Crippen molar-refractivity contribution in [1.29, 1.82) is 0 Å². The number of ether oxygens (including phenoxy) is 1. The summed E-state index contributed by atoms with van der Waals surface area (Å²) in [5, 5.41) is 14.1. The summed E-state index contributed by atoms with van der Waals surface area (Å²) in [5.74, 6) is 3.14. The van der Waals surface area contributed by atoms with Gasteiger partial charge in [0.25, 0.3) is 0 Å².